The molecule has 1 aromatic rings. The van der Waals surface area contributed by atoms with Crippen molar-refractivity contribution in [1.29, 1.82) is 0 Å². The van der Waals surface area contributed by atoms with Crippen LogP contribution in [0.5, 0.6) is 0 Å². The normalized spacial score (nSPS) is 19.6. The molecular weight excluding hydrogens is 218 g/mol. The highest BCUT2D eigenvalue weighted by molar-refractivity contribution is 7.99. The second kappa shape index (κ2) is 6.28. The Morgan fingerprint density at radius 1 is 1.25 bits per heavy atom. The Morgan fingerprint density at radius 2 is 1.94 bits per heavy atom. The molecule has 1 fully saturated rings. The molecule has 1 saturated heterocycles. The first-order chi connectivity index (χ1) is 7.86. The summed E-state index contributed by atoms with van der Waals surface area (Å²) in [7, 11) is 0. The first-order valence-electron chi connectivity index (χ1n) is 5.90. The third-order valence-electron chi connectivity index (χ3n) is 3.01. The Bertz CT molecular complexity index is 298. The zero-order valence-corrected chi connectivity index (χ0v) is 10.2. The molecule has 2 nitrogen and oxygen atoms in total. The summed E-state index contributed by atoms with van der Waals surface area (Å²) in [6.45, 7) is 0.666. The number of nitrogens with one attached hydrogen (secondary N) is 1. The minimum absolute atomic E-state index is 0.379. The van der Waals surface area contributed by atoms with Crippen LogP contribution in [-0.4, -0.2) is 29.2 Å². The third kappa shape index (κ3) is 3.51. The van der Waals surface area contributed by atoms with E-state index in [4.69, 9.17) is 0 Å². The van der Waals surface area contributed by atoms with Gasteiger partial charge in [0, 0.05) is 12.6 Å². The van der Waals surface area contributed by atoms with Crippen LogP contribution in [0.4, 0.5) is 0 Å². The van der Waals surface area contributed by atoms with Crippen LogP contribution in [0.2, 0.25) is 0 Å². The Kier molecular flexibility index (Phi) is 4.69. The predicted octanol–water partition coefficient (Wildman–Crippen LogP) is 2.21. The minimum atomic E-state index is -0.379. The summed E-state index contributed by atoms with van der Waals surface area (Å²) in [6, 6.07) is 10.5. The fraction of sp³-hybridized carbons (Fsp3) is 0.538. The average molecular weight is 237 g/mol. The zero-order chi connectivity index (χ0) is 11.2. The number of rotatable bonds is 4. The molecule has 3 heteroatoms. The van der Waals surface area contributed by atoms with Crippen molar-refractivity contribution in [3.8, 4) is 0 Å². The van der Waals surface area contributed by atoms with Gasteiger partial charge in [0.25, 0.3) is 0 Å². The van der Waals surface area contributed by atoms with Crippen molar-refractivity contribution < 1.29 is 5.11 Å². The third-order valence-corrected chi connectivity index (χ3v) is 4.05. The van der Waals surface area contributed by atoms with Gasteiger partial charge in [0.1, 0.15) is 0 Å². The maximum Gasteiger partial charge on any atom is 0.0914 e. The van der Waals surface area contributed by atoms with Crippen molar-refractivity contribution in [3.63, 3.8) is 0 Å². The molecule has 0 aliphatic carbocycles. The van der Waals surface area contributed by atoms with Crippen molar-refractivity contribution in [2.75, 3.05) is 18.1 Å². The van der Waals surface area contributed by atoms with Crippen molar-refractivity contribution in [1.82, 2.24) is 5.32 Å². The largest absolute Gasteiger partial charge is 0.387 e. The maximum absolute atomic E-state index is 9.98. The fourth-order valence-electron chi connectivity index (χ4n) is 1.97. The molecule has 1 aromatic carbocycles. The second-order valence-electron chi connectivity index (χ2n) is 4.22. The van der Waals surface area contributed by atoms with Gasteiger partial charge in [-0.05, 0) is 29.9 Å². The van der Waals surface area contributed by atoms with E-state index in [0.29, 0.717) is 12.6 Å². The van der Waals surface area contributed by atoms with Gasteiger partial charge in [0.05, 0.1) is 6.10 Å². The van der Waals surface area contributed by atoms with Crippen LogP contribution in [0, 0.1) is 0 Å². The summed E-state index contributed by atoms with van der Waals surface area (Å²) in [5.74, 6) is 2.50. The molecule has 2 rings (SSSR count). The van der Waals surface area contributed by atoms with Gasteiger partial charge in [-0.1, -0.05) is 30.3 Å². The lowest BCUT2D eigenvalue weighted by Gasteiger charge is -2.24. The highest BCUT2D eigenvalue weighted by Crippen LogP contribution is 2.18. The predicted molar refractivity (Wildman–Crippen MR) is 69.8 cm³/mol. The van der Waals surface area contributed by atoms with E-state index < -0.39 is 0 Å². The lowest BCUT2D eigenvalue weighted by molar-refractivity contribution is 0.169. The van der Waals surface area contributed by atoms with Gasteiger partial charge in [-0.2, -0.15) is 11.8 Å². The maximum atomic E-state index is 9.98. The molecule has 2 N–H and O–H groups in total. The number of aliphatic hydroxyl groups is 1. The molecule has 0 spiro atoms. The summed E-state index contributed by atoms with van der Waals surface area (Å²) in [6.07, 6.45) is 2.08. The Labute approximate surface area is 101 Å². The molecule has 0 aromatic heterocycles. The summed E-state index contributed by atoms with van der Waals surface area (Å²) in [4.78, 5) is 0. The van der Waals surface area contributed by atoms with Gasteiger partial charge in [-0.25, -0.2) is 0 Å². The number of benzene rings is 1. The summed E-state index contributed by atoms with van der Waals surface area (Å²) in [5.41, 5.74) is 1.00. The molecule has 1 aliphatic heterocycles. The fourth-order valence-corrected chi connectivity index (χ4v) is 3.08. The molecule has 16 heavy (non-hydrogen) atoms. The van der Waals surface area contributed by atoms with Crippen LogP contribution in [0.25, 0.3) is 0 Å². The molecule has 1 heterocycles. The topological polar surface area (TPSA) is 32.3 Å². The van der Waals surface area contributed by atoms with E-state index >= 15 is 0 Å². The van der Waals surface area contributed by atoms with Crippen molar-refractivity contribution in [3.05, 3.63) is 35.9 Å². The van der Waals surface area contributed by atoms with Crippen LogP contribution >= 0.6 is 11.8 Å². The molecule has 0 saturated carbocycles. The number of thioether (sulfide) groups is 1. The lowest BCUT2D eigenvalue weighted by atomic mass is 10.1. The van der Waals surface area contributed by atoms with Gasteiger partial charge in [0.2, 0.25) is 0 Å². The molecule has 0 radical (unpaired) electrons. The quantitative estimate of drug-likeness (QED) is 0.842. The monoisotopic (exact) mass is 237 g/mol. The molecular formula is C13H19NOS. The minimum Gasteiger partial charge on any atom is -0.387 e. The standard InChI is InChI=1S/C13H19NOS/c15-13(11-4-2-1-3-5-11)10-14-12-6-8-16-9-7-12/h1-5,12-15H,6-10H2. The zero-order valence-electron chi connectivity index (χ0n) is 9.43. The van der Waals surface area contributed by atoms with Gasteiger partial charge in [-0.15, -0.1) is 0 Å². The average Bonchev–Trinajstić information content (AvgIpc) is 2.38. The van der Waals surface area contributed by atoms with E-state index in [1.807, 2.05) is 42.1 Å². The van der Waals surface area contributed by atoms with Crippen LogP contribution in [0.3, 0.4) is 0 Å². The number of aliphatic hydroxyl groups excluding tert-OH is 1. The van der Waals surface area contributed by atoms with Crippen LogP contribution in [-0.2, 0) is 0 Å². The van der Waals surface area contributed by atoms with E-state index in [-0.39, 0.29) is 6.10 Å². The summed E-state index contributed by atoms with van der Waals surface area (Å²) < 4.78 is 0. The van der Waals surface area contributed by atoms with Crippen molar-refractivity contribution >= 4 is 11.8 Å². The Balaban J connectivity index is 1.77. The van der Waals surface area contributed by atoms with E-state index in [0.717, 1.165) is 5.56 Å². The molecule has 1 unspecified atom stereocenters. The molecule has 1 aliphatic rings. The van der Waals surface area contributed by atoms with E-state index in [1.54, 1.807) is 0 Å². The summed E-state index contributed by atoms with van der Waals surface area (Å²) in [5, 5.41) is 13.4. The van der Waals surface area contributed by atoms with E-state index in [2.05, 4.69) is 5.32 Å². The van der Waals surface area contributed by atoms with Crippen LogP contribution < -0.4 is 5.32 Å². The smallest absolute Gasteiger partial charge is 0.0914 e. The Hall–Kier alpha value is -0.510. The highest BCUT2D eigenvalue weighted by atomic mass is 32.2. The van der Waals surface area contributed by atoms with E-state index in [1.165, 1.54) is 24.3 Å². The molecule has 0 amide bonds. The van der Waals surface area contributed by atoms with E-state index in [9.17, 15) is 5.11 Å². The van der Waals surface area contributed by atoms with Crippen LogP contribution in [0.1, 0.15) is 24.5 Å². The summed E-state index contributed by atoms with van der Waals surface area (Å²) >= 11 is 2.03. The lowest BCUT2D eigenvalue weighted by Crippen LogP contribution is -2.35. The van der Waals surface area contributed by atoms with Gasteiger partial charge in [-0.3, -0.25) is 0 Å². The second-order valence-corrected chi connectivity index (χ2v) is 5.45. The molecule has 1 atom stereocenters. The SMILES string of the molecule is OC(CNC1CCSCC1)c1ccccc1. The first-order valence-corrected chi connectivity index (χ1v) is 7.06. The number of hydrogen-bond acceptors (Lipinski definition) is 3. The van der Waals surface area contributed by atoms with Gasteiger partial charge >= 0.3 is 0 Å². The molecule has 0 bridgehead atoms. The molecule has 88 valence electrons. The first kappa shape index (κ1) is 12.0. The number of hydrogen-bond donors (Lipinski definition) is 2. The van der Waals surface area contributed by atoms with Crippen LogP contribution in [0.15, 0.2) is 30.3 Å². The van der Waals surface area contributed by atoms with Gasteiger partial charge < -0.3 is 10.4 Å². The Morgan fingerprint density at radius 3 is 2.62 bits per heavy atom. The van der Waals surface area contributed by atoms with Crippen molar-refractivity contribution in [2.24, 2.45) is 0 Å². The highest BCUT2D eigenvalue weighted by Gasteiger charge is 2.14. The van der Waals surface area contributed by atoms with Gasteiger partial charge in [0.15, 0.2) is 0 Å². The van der Waals surface area contributed by atoms with Crippen molar-refractivity contribution in [2.45, 2.75) is 25.0 Å².